The fourth-order valence-electron chi connectivity index (χ4n) is 2.32. The van der Waals surface area contributed by atoms with Crippen molar-refractivity contribution >= 4 is 0 Å². The van der Waals surface area contributed by atoms with Crippen molar-refractivity contribution < 1.29 is 4.74 Å². The smallest absolute Gasteiger partial charge is 0.119 e. The number of hydrogen-bond acceptors (Lipinski definition) is 2. The largest absolute Gasteiger partial charge is 0.494 e. The van der Waals surface area contributed by atoms with Crippen LogP contribution in [-0.4, -0.2) is 19.7 Å². The third-order valence-electron chi connectivity index (χ3n) is 3.43. The zero-order valence-electron chi connectivity index (χ0n) is 13.8. The molecule has 1 aromatic rings. The second-order valence-electron chi connectivity index (χ2n) is 6.33. The lowest BCUT2D eigenvalue weighted by Gasteiger charge is -2.12. The van der Waals surface area contributed by atoms with Gasteiger partial charge in [-0.2, -0.15) is 0 Å². The first-order valence-corrected chi connectivity index (χ1v) is 7.94. The van der Waals surface area contributed by atoms with Gasteiger partial charge in [-0.25, -0.2) is 0 Å². The van der Waals surface area contributed by atoms with Gasteiger partial charge in [0.15, 0.2) is 0 Å². The van der Waals surface area contributed by atoms with E-state index in [4.69, 9.17) is 4.74 Å². The van der Waals surface area contributed by atoms with E-state index in [1.165, 1.54) is 17.5 Å². The van der Waals surface area contributed by atoms with Gasteiger partial charge >= 0.3 is 0 Å². The van der Waals surface area contributed by atoms with E-state index in [0.29, 0.717) is 5.92 Å². The Balaban J connectivity index is 2.21. The Kier molecular flexibility index (Phi) is 7.68. The Labute approximate surface area is 124 Å². The fraction of sp³-hybridized carbons (Fsp3) is 0.667. The van der Waals surface area contributed by atoms with Crippen molar-refractivity contribution in [3.8, 4) is 5.75 Å². The number of ether oxygens (including phenoxy) is 1. The first-order chi connectivity index (χ1) is 9.50. The van der Waals surface area contributed by atoms with E-state index in [9.17, 15) is 0 Å². The van der Waals surface area contributed by atoms with Gasteiger partial charge in [-0.1, -0.05) is 33.8 Å². The molecule has 0 aromatic heterocycles. The van der Waals surface area contributed by atoms with Gasteiger partial charge in [0.25, 0.3) is 0 Å². The van der Waals surface area contributed by atoms with Crippen molar-refractivity contribution in [1.82, 2.24) is 5.32 Å². The van der Waals surface area contributed by atoms with Crippen LogP contribution in [0, 0.1) is 12.8 Å². The lowest BCUT2D eigenvalue weighted by Crippen LogP contribution is -2.21. The summed E-state index contributed by atoms with van der Waals surface area (Å²) in [5.74, 6) is 2.31. The second kappa shape index (κ2) is 9.02. The molecule has 0 atom stereocenters. The minimum atomic E-state index is 0.580. The Morgan fingerprint density at radius 2 is 1.85 bits per heavy atom. The van der Waals surface area contributed by atoms with Crippen molar-refractivity contribution in [1.29, 1.82) is 0 Å². The fourth-order valence-corrected chi connectivity index (χ4v) is 2.32. The van der Waals surface area contributed by atoms with Crippen LogP contribution in [-0.2, 0) is 0 Å². The topological polar surface area (TPSA) is 21.3 Å². The third kappa shape index (κ3) is 6.42. The Hall–Kier alpha value is -1.02. The van der Waals surface area contributed by atoms with E-state index in [0.717, 1.165) is 37.8 Å². The molecule has 0 radical (unpaired) electrons. The monoisotopic (exact) mass is 277 g/mol. The van der Waals surface area contributed by atoms with E-state index < -0.39 is 0 Å². The highest BCUT2D eigenvalue weighted by atomic mass is 16.5. The van der Waals surface area contributed by atoms with Gasteiger partial charge in [0.2, 0.25) is 0 Å². The zero-order valence-corrected chi connectivity index (χ0v) is 13.8. The molecule has 0 bridgehead atoms. The molecule has 0 heterocycles. The van der Waals surface area contributed by atoms with Crippen molar-refractivity contribution in [3.05, 3.63) is 29.3 Å². The summed E-state index contributed by atoms with van der Waals surface area (Å²) in [6, 6.07) is 6.45. The van der Waals surface area contributed by atoms with Crippen molar-refractivity contribution in [2.45, 2.75) is 53.4 Å². The van der Waals surface area contributed by atoms with Gasteiger partial charge in [0.1, 0.15) is 5.75 Å². The van der Waals surface area contributed by atoms with Crippen LogP contribution in [0.25, 0.3) is 0 Å². The predicted octanol–water partition coefficient (Wildman–Crippen LogP) is 4.52. The van der Waals surface area contributed by atoms with Gasteiger partial charge in [-0.05, 0) is 68.0 Å². The van der Waals surface area contributed by atoms with Crippen LogP contribution in [0.5, 0.6) is 5.75 Å². The first-order valence-electron chi connectivity index (χ1n) is 7.94. The quantitative estimate of drug-likeness (QED) is 0.670. The summed E-state index contributed by atoms with van der Waals surface area (Å²) in [6.45, 7) is 14.1. The maximum absolute atomic E-state index is 5.82. The number of aryl methyl sites for hydroxylation is 1. The zero-order chi connectivity index (χ0) is 15.0. The van der Waals surface area contributed by atoms with Gasteiger partial charge in [-0.3, -0.25) is 0 Å². The van der Waals surface area contributed by atoms with Crippen molar-refractivity contribution in [2.24, 2.45) is 5.92 Å². The van der Waals surface area contributed by atoms with E-state index in [-0.39, 0.29) is 0 Å². The molecule has 1 rings (SSSR count). The van der Waals surface area contributed by atoms with Crippen LogP contribution in [0.3, 0.4) is 0 Å². The Morgan fingerprint density at radius 3 is 2.45 bits per heavy atom. The Morgan fingerprint density at radius 1 is 1.10 bits per heavy atom. The van der Waals surface area contributed by atoms with E-state index in [1.54, 1.807) is 0 Å². The number of hydrogen-bond donors (Lipinski definition) is 1. The molecule has 0 fully saturated rings. The van der Waals surface area contributed by atoms with Gasteiger partial charge in [0, 0.05) is 0 Å². The summed E-state index contributed by atoms with van der Waals surface area (Å²) >= 11 is 0. The van der Waals surface area contributed by atoms with E-state index in [1.807, 2.05) is 0 Å². The van der Waals surface area contributed by atoms with Crippen molar-refractivity contribution in [3.63, 3.8) is 0 Å². The first kappa shape index (κ1) is 17.0. The van der Waals surface area contributed by atoms with Crippen LogP contribution < -0.4 is 10.1 Å². The van der Waals surface area contributed by atoms with Gasteiger partial charge in [0.05, 0.1) is 6.61 Å². The molecule has 0 amide bonds. The van der Waals surface area contributed by atoms with Crippen LogP contribution >= 0.6 is 0 Å². The molecule has 0 aliphatic rings. The van der Waals surface area contributed by atoms with Gasteiger partial charge < -0.3 is 10.1 Å². The van der Waals surface area contributed by atoms with Crippen LogP contribution in [0.1, 0.15) is 57.6 Å². The van der Waals surface area contributed by atoms with Crippen LogP contribution in [0.15, 0.2) is 18.2 Å². The molecule has 0 unspecified atom stereocenters. The average molecular weight is 277 g/mol. The van der Waals surface area contributed by atoms with Crippen molar-refractivity contribution in [2.75, 3.05) is 19.7 Å². The minimum Gasteiger partial charge on any atom is -0.494 e. The summed E-state index contributed by atoms with van der Waals surface area (Å²) < 4.78 is 5.82. The molecule has 0 saturated heterocycles. The molecule has 1 N–H and O–H groups in total. The SMILES string of the molecule is Cc1cc(OCCCCNCC(C)C)ccc1C(C)C. The van der Waals surface area contributed by atoms with E-state index >= 15 is 0 Å². The summed E-state index contributed by atoms with van der Waals surface area (Å²) in [4.78, 5) is 0. The summed E-state index contributed by atoms with van der Waals surface area (Å²) in [7, 11) is 0. The highest BCUT2D eigenvalue weighted by Gasteiger charge is 2.04. The highest BCUT2D eigenvalue weighted by Crippen LogP contribution is 2.23. The number of rotatable bonds is 9. The summed E-state index contributed by atoms with van der Waals surface area (Å²) in [6.07, 6.45) is 2.28. The molecule has 114 valence electrons. The minimum absolute atomic E-state index is 0.580. The molecular formula is C18H31NO. The molecule has 2 nitrogen and oxygen atoms in total. The number of unbranched alkanes of at least 4 members (excludes halogenated alkanes) is 1. The molecule has 2 heteroatoms. The van der Waals surface area contributed by atoms with E-state index in [2.05, 4.69) is 58.1 Å². The molecule has 0 saturated carbocycles. The van der Waals surface area contributed by atoms with Gasteiger partial charge in [-0.15, -0.1) is 0 Å². The average Bonchev–Trinajstić information content (AvgIpc) is 2.37. The molecule has 0 aliphatic heterocycles. The lowest BCUT2D eigenvalue weighted by molar-refractivity contribution is 0.305. The molecule has 0 aliphatic carbocycles. The lowest BCUT2D eigenvalue weighted by atomic mass is 9.98. The summed E-state index contributed by atoms with van der Waals surface area (Å²) in [5, 5.41) is 3.46. The normalized spacial score (nSPS) is 11.3. The summed E-state index contributed by atoms with van der Waals surface area (Å²) in [5.41, 5.74) is 2.74. The van der Waals surface area contributed by atoms with Crippen LogP contribution in [0.4, 0.5) is 0 Å². The second-order valence-corrected chi connectivity index (χ2v) is 6.33. The Bertz CT molecular complexity index is 385. The molecule has 1 aromatic carbocycles. The standard InChI is InChI=1S/C18H31NO/c1-14(2)13-19-10-6-7-11-20-17-8-9-18(15(3)4)16(5)12-17/h8-9,12,14-15,19H,6-7,10-11,13H2,1-5H3. The molecular weight excluding hydrogens is 246 g/mol. The maximum Gasteiger partial charge on any atom is 0.119 e. The number of nitrogens with one attached hydrogen (secondary N) is 1. The third-order valence-corrected chi connectivity index (χ3v) is 3.43. The molecule has 0 spiro atoms. The highest BCUT2D eigenvalue weighted by molar-refractivity contribution is 5.36. The number of benzene rings is 1. The molecule has 20 heavy (non-hydrogen) atoms. The van der Waals surface area contributed by atoms with Crippen LogP contribution in [0.2, 0.25) is 0 Å². The maximum atomic E-state index is 5.82. The predicted molar refractivity (Wildman–Crippen MR) is 87.7 cm³/mol.